The van der Waals surface area contributed by atoms with Gasteiger partial charge < -0.3 is 101 Å². The lowest BCUT2D eigenvalue weighted by Crippen LogP contribution is -2.65. The molecule has 1 aliphatic heterocycles. The van der Waals surface area contributed by atoms with Crippen LogP contribution in [0.15, 0.2) is 97.2 Å². The van der Waals surface area contributed by atoms with Crippen LogP contribution in [-0.4, -0.2) is 291 Å². The summed E-state index contributed by atoms with van der Waals surface area (Å²) in [7, 11) is 0. The van der Waals surface area contributed by atoms with E-state index in [0.717, 1.165) is 0 Å². The van der Waals surface area contributed by atoms with Crippen molar-refractivity contribution in [2.24, 2.45) is 23.3 Å². The number of allylic oxidation sites excluding steroid dienone is 2. The van der Waals surface area contributed by atoms with Crippen molar-refractivity contribution < 1.29 is 111 Å². The molecule has 1 aromatic heterocycles. The number of primary amides is 2. The average Bonchev–Trinajstić information content (AvgIpc) is 1.78. The lowest BCUT2D eigenvalue weighted by atomic mass is 9.88. The molecule has 0 fully saturated rings. The van der Waals surface area contributed by atoms with Crippen LogP contribution in [0.5, 0.6) is 5.75 Å². The quantitative estimate of drug-likeness (QED) is 0.0217. The van der Waals surface area contributed by atoms with Gasteiger partial charge in [-0.2, -0.15) is 0 Å². The number of fused-ring (bicyclic) bond motifs is 1. The number of aromatic nitrogens is 1. The molecular formula is C106H162N20O23. The Morgan fingerprint density at radius 3 is 1.71 bits per heavy atom. The van der Waals surface area contributed by atoms with Crippen LogP contribution in [0.3, 0.4) is 0 Å². The molecule has 0 unspecified atom stereocenters. The van der Waals surface area contributed by atoms with Crippen LogP contribution < -0.4 is 102 Å². The Morgan fingerprint density at radius 2 is 1.09 bits per heavy atom. The van der Waals surface area contributed by atoms with E-state index in [0.29, 0.717) is 66.1 Å². The van der Waals surface area contributed by atoms with E-state index < -0.39 is 228 Å². The first-order chi connectivity index (χ1) is 70.1. The Balaban J connectivity index is 1.47. The number of ketones is 9. The van der Waals surface area contributed by atoms with Gasteiger partial charge in [0.05, 0.1) is 105 Å². The molecule has 3 aromatic carbocycles. The Morgan fingerprint density at radius 1 is 0.523 bits per heavy atom. The first-order valence-electron chi connectivity index (χ1n) is 51.5. The number of benzene rings is 3. The van der Waals surface area contributed by atoms with E-state index in [4.69, 9.17) is 11.5 Å². The molecule has 43 heteroatoms. The van der Waals surface area contributed by atoms with Crippen molar-refractivity contribution in [1.29, 1.82) is 0 Å². The number of carboxylic acid groups (broad SMARTS) is 1. The summed E-state index contributed by atoms with van der Waals surface area (Å²) in [5.41, 5.74) is 13.9. The van der Waals surface area contributed by atoms with Gasteiger partial charge in [-0.05, 0) is 187 Å². The smallest absolute Gasteiger partial charge is 0.303 e. The maximum Gasteiger partial charge on any atom is 0.303 e. The lowest BCUT2D eigenvalue weighted by molar-refractivity contribution is -0.140. The van der Waals surface area contributed by atoms with Crippen molar-refractivity contribution in [2.45, 2.75) is 353 Å². The van der Waals surface area contributed by atoms with Gasteiger partial charge in [0.15, 0.2) is 52.0 Å². The van der Waals surface area contributed by atoms with E-state index in [1.165, 1.54) is 58.9 Å². The first-order valence-corrected chi connectivity index (χ1v) is 51.5. The Kier molecular flexibility index (Phi) is 54.1. The minimum Gasteiger partial charge on any atom is -0.508 e. The number of aliphatic carboxylic acids is 1. The summed E-state index contributed by atoms with van der Waals surface area (Å²) in [6.45, 7) is 23.7. The molecule has 0 bridgehead atoms. The Hall–Kier alpha value is -12.5. The van der Waals surface area contributed by atoms with Gasteiger partial charge in [0.2, 0.25) is 59.1 Å². The summed E-state index contributed by atoms with van der Waals surface area (Å²) in [4.78, 5) is 282. The number of aromatic hydroxyl groups is 1. The standard InChI is InChI=1S/C106H162N20O23/c1-61(2)49-80(117-70(12)128)99(145)122-95(69(11)127)102(148)120-82(51-71-31-25-24-26-32-71)100(146)124-106(16)46-30-23-21-19-17-18-20-22-29-45-105(15,92(138)60-114-64(6)85(131)44-47-109-63(5)84(130)43-48-110-66(8)89(135)58-116-104(13,14)91(137)59-113-67(9)88(134)56-112-68(10)96(108)142)123-101(147)83(50-62(3)4)126-125-77(39-41-93(107)139)87(133)54-86(132)65(7)111-57-90(136)79(53-73-55-115-76-34-28-27-33-75(73)76)118-98(144)81(52-72-35-37-74(129)38-36-72)119-97(143)78(121-103(106)149)40-42-94(140)141/h18,20,24-28,31-38,55,61-69,77-83,95,109-116,125-127,129H,17,19,21-23,29-30,39-54,56-60H2,1-16H3,(H2,107,139)(H2,108,142)(H,117,128)(H,118,144)(H,119,143)(H,120,148)(H,121,149)(H,122,145)(H,123,147)(H,124,146)(H,140,141)/b20-18+/t63-,64-,65-,66-,67-,68+,69+,77-,78-,79-,80-,81-,82-,83-,95-,105-,106+/m0/s1. The number of rotatable bonds is 51. The lowest BCUT2D eigenvalue weighted by Gasteiger charge is -2.34. The third-order valence-corrected chi connectivity index (χ3v) is 26.4. The molecule has 149 heavy (non-hydrogen) atoms. The van der Waals surface area contributed by atoms with Gasteiger partial charge in [0.1, 0.15) is 47.5 Å². The minimum absolute atomic E-state index is 0.00974. The monoisotopic (exact) mass is 2080 g/mol. The number of H-pyrrole nitrogens is 1. The Bertz CT molecular complexity index is 5220. The second-order valence-electron chi connectivity index (χ2n) is 40.8. The van der Waals surface area contributed by atoms with E-state index >= 15 is 24.0 Å². The number of carbonyl (C=O) groups is 20. The summed E-state index contributed by atoms with van der Waals surface area (Å²) in [5, 5.41) is 74.7. The molecule has 0 saturated heterocycles. The van der Waals surface area contributed by atoms with Gasteiger partial charge in [-0.15, -0.1) is 0 Å². The van der Waals surface area contributed by atoms with Gasteiger partial charge in [-0.3, -0.25) is 107 Å². The molecule has 0 aliphatic carbocycles. The van der Waals surface area contributed by atoms with E-state index in [2.05, 4.69) is 95.6 Å². The molecule has 5 rings (SSSR count). The third kappa shape index (κ3) is 45.5. The topological polar surface area (TPSA) is 674 Å². The molecule has 0 radical (unpaired) electrons. The predicted octanol–water partition coefficient (Wildman–Crippen LogP) is 1.11. The molecule has 43 nitrogen and oxygen atoms in total. The van der Waals surface area contributed by atoms with E-state index in [1.54, 1.807) is 109 Å². The molecule has 25 N–H and O–H groups in total. The van der Waals surface area contributed by atoms with Gasteiger partial charge in [-0.25, -0.2) is 10.9 Å². The number of Topliss-reactive ketones (excluding diaryl/α,β-unsaturated/α-hetero) is 9. The molecule has 824 valence electrons. The molecule has 10 amide bonds. The highest BCUT2D eigenvalue weighted by Gasteiger charge is 2.43. The molecule has 17 atom stereocenters. The number of hydrazine groups is 1. The summed E-state index contributed by atoms with van der Waals surface area (Å²) in [5.74, 6) is -14.7. The number of amides is 10. The van der Waals surface area contributed by atoms with Crippen LogP contribution >= 0.6 is 0 Å². The van der Waals surface area contributed by atoms with Crippen LogP contribution in [0.1, 0.15) is 243 Å². The predicted molar refractivity (Wildman–Crippen MR) is 560 cm³/mol. The van der Waals surface area contributed by atoms with Gasteiger partial charge in [0, 0.05) is 82.1 Å². The molecule has 2 heterocycles. The first kappa shape index (κ1) is 127. The molecular weight excluding hydrogens is 1920 g/mol. The number of aliphatic hydroxyl groups is 1. The number of aromatic amines is 1. The van der Waals surface area contributed by atoms with Crippen LogP contribution in [0.4, 0.5) is 0 Å². The zero-order chi connectivity index (χ0) is 111. The van der Waals surface area contributed by atoms with Gasteiger partial charge in [0.25, 0.3) is 0 Å². The number of phenols is 1. The van der Waals surface area contributed by atoms with Crippen molar-refractivity contribution in [2.75, 3.05) is 45.8 Å². The second-order valence-corrected chi connectivity index (χ2v) is 40.8. The number of nitrogens with two attached hydrogens (primary N) is 2. The highest BCUT2D eigenvalue weighted by atomic mass is 16.4. The average molecular weight is 2080 g/mol. The van der Waals surface area contributed by atoms with Crippen LogP contribution in [0.25, 0.3) is 10.9 Å². The van der Waals surface area contributed by atoms with Gasteiger partial charge in [-0.1, -0.05) is 120 Å². The number of carbonyl (C=O) groups excluding carboxylic acids is 19. The number of hydrogen-bond acceptors (Lipinski definition) is 31. The zero-order valence-corrected chi connectivity index (χ0v) is 89.0. The van der Waals surface area contributed by atoms with Crippen LogP contribution in [-0.2, 0) is 115 Å². The fourth-order valence-electron chi connectivity index (χ4n) is 16.4. The number of aliphatic hydroxyl groups excluding tert-OH is 1. The normalized spacial score (nSPS) is 21.5. The summed E-state index contributed by atoms with van der Waals surface area (Å²) in [6.07, 6.45) is 3.24. The number of hydrogen-bond donors (Lipinski definition) is 23. The third-order valence-electron chi connectivity index (χ3n) is 26.4. The van der Waals surface area contributed by atoms with E-state index in [-0.39, 0.29) is 156 Å². The van der Waals surface area contributed by atoms with Crippen molar-refractivity contribution in [3.63, 3.8) is 0 Å². The number of nitrogens with one attached hydrogen (secondary N) is 18. The SMILES string of the molecule is CC(=O)N[C@@H](CC(C)C)C(=O)N[C@H](C(=O)N[C@@H](Cc1ccccc1)C(=O)N[C@]1(C)CCCCCC/C=C/CCC[C@@](C)(C(=O)CN[C@@H](C)C(=O)CCN[C@@H](C)C(=O)CCN[C@@H](C)C(=O)CNC(C)(C)C(=O)CN[C@@H](C)C(=O)CN[C@H](C)C(N)=O)NC(=O)[C@H](CC(C)C)NN[C@@H](CCC(N)=O)C(=O)CC(=O)[C@H](C)NCC(=O)[C@H](Cc2c[nH]c3ccccc23)NC(=O)[C@H](Cc2ccc(O)cc2)NC(=O)[C@H](CCC(=O)O)NC1=O)[C@@H](C)O. The van der Waals surface area contributed by atoms with Crippen molar-refractivity contribution in [3.8, 4) is 5.75 Å². The van der Waals surface area contributed by atoms with E-state index in [9.17, 15) is 87.2 Å². The number of phenolic OH excluding ortho intramolecular Hbond substituents is 1. The number of carboxylic acids is 1. The molecule has 0 saturated carbocycles. The maximum atomic E-state index is 15.6. The minimum atomic E-state index is -2.05. The summed E-state index contributed by atoms with van der Waals surface area (Å²) < 4.78 is 0. The Labute approximate surface area is 872 Å². The fourth-order valence-corrected chi connectivity index (χ4v) is 16.4. The van der Waals surface area contributed by atoms with Crippen molar-refractivity contribution in [1.82, 2.24) is 95.6 Å². The maximum absolute atomic E-state index is 15.6. The summed E-state index contributed by atoms with van der Waals surface area (Å²) >= 11 is 0. The van der Waals surface area contributed by atoms with Crippen molar-refractivity contribution in [3.05, 3.63) is 114 Å². The highest BCUT2D eigenvalue weighted by Crippen LogP contribution is 2.25. The molecule has 1 aliphatic rings. The molecule has 0 spiro atoms. The largest absolute Gasteiger partial charge is 0.508 e. The second kappa shape index (κ2) is 63.5. The van der Waals surface area contributed by atoms with E-state index in [1.807, 2.05) is 39.8 Å². The molecule has 4 aromatic rings. The van der Waals surface area contributed by atoms with Gasteiger partial charge >= 0.3 is 5.97 Å². The van der Waals surface area contributed by atoms with Crippen molar-refractivity contribution >= 4 is 128 Å². The highest BCUT2D eigenvalue weighted by molar-refractivity contribution is 6.05. The zero-order valence-electron chi connectivity index (χ0n) is 89.0. The van der Waals surface area contributed by atoms with Crippen LogP contribution in [0.2, 0.25) is 0 Å². The fraction of sp³-hybridized carbons (Fsp3) is 0.604. The number of para-hydroxylation sites is 1. The summed E-state index contributed by atoms with van der Waals surface area (Å²) in [6, 6.07) is 4.03. The van der Waals surface area contributed by atoms with Crippen LogP contribution in [0, 0.1) is 11.8 Å².